The normalized spacial score (nSPS) is 12.8. The first-order valence-electron chi connectivity index (χ1n) is 21.2. The summed E-state index contributed by atoms with van der Waals surface area (Å²) in [5.41, 5.74) is 12.9. The van der Waals surface area contributed by atoms with Crippen molar-refractivity contribution in [3.8, 4) is 90.5 Å². The van der Waals surface area contributed by atoms with Crippen molar-refractivity contribution in [3.63, 3.8) is 0 Å². The second kappa shape index (κ2) is 14.9. The van der Waals surface area contributed by atoms with Gasteiger partial charge in [-0.3, -0.25) is 0 Å². The molecule has 1 aliphatic carbocycles. The number of hydrogen-bond donors (Lipinski definition) is 0. The van der Waals surface area contributed by atoms with Crippen LogP contribution in [0.25, 0.3) is 67.5 Å². The minimum absolute atomic E-state index is 0.555. The molecule has 0 N–H and O–H groups in total. The molecule has 1 aliphatic heterocycles. The second-order valence-corrected chi connectivity index (χ2v) is 15.8. The minimum Gasteiger partial charge on any atom is -0.449 e. The van der Waals surface area contributed by atoms with Crippen LogP contribution >= 0.6 is 0 Å². The fraction of sp³-hybridized carbons (Fsp3) is 0.0172. The van der Waals surface area contributed by atoms with Crippen LogP contribution in [0.3, 0.4) is 0 Å². The van der Waals surface area contributed by atoms with E-state index in [9.17, 15) is 0 Å². The maximum atomic E-state index is 7.28. The first-order chi connectivity index (χ1) is 31.2. The molecular weight excluding hydrogens is 771 g/mol. The van der Waals surface area contributed by atoms with E-state index in [1.807, 2.05) is 60.7 Å². The lowest BCUT2D eigenvalue weighted by Gasteiger charge is -2.34. The Kier molecular flexibility index (Phi) is 8.64. The molecule has 63 heavy (non-hydrogen) atoms. The first kappa shape index (κ1) is 36.4. The summed E-state index contributed by atoms with van der Waals surface area (Å²) >= 11 is 0. The van der Waals surface area contributed by atoms with Gasteiger partial charge in [0.1, 0.15) is 0 Å². The van der Waals surface area contributed by atoms with E-state index in [1.54, 1.807) is 0 Å². The molecule has 0 fully saturated rings. The summed E-state index contributed by atoms with van der Waals surface area (Å²) in [6, 6.07) is 77.7. The topological polar surface area (TPSA) is 57.1 Å². The SMILES string of the molecule is c1ccc(-c2cccc(-c3nc(-c4ccccc4)nc(-c4ccccc4-c4cccc5c4Oc4c(ccc6c4-c4ccccc4C6(c4ccccc4)c4ccccc4)O5)n3)c2)cc1. The molecule has 2 aliphatic rings. The molecule has 0 unspecified atom stereocenters. The van der Waals surface area contributed by atoms with Crippen LogP contribution in [0.5, 0.6) is 23.0 Å². The van der Waals surface area contributed by atoms with Gasteiger partial charge in [0.05, 0.1) is 5.41 Å². The molecule has 0 saturated heterocycles. The fourth-order valence-corrected chi connectivity index (χ4v) is 9.52. The third-order valence-electron chi connectivity index (χ3n) is 12.3. The van der Waals surface area contributed by atoms with Crippen LogP contribution in [0.4, 0.5) is 0 Å². The predicted octanol–water partition coefficient (Wildman–Crippen LogP) is 14.5. The summed E-state index contributed by atoms with van der Waals surface area (Å²) in [6.45, 7) is 0. The largest absolute Gasteiger partial charge is 0.449 e. The van der Waals surface area contributed by atoms with Crippen molar-refractivity contribution < 1.29 is 9.47 Å². The maximum absolute atomic E-state index is 7.28. The third-order valence-corrected chi connectivity index (χ3v) is 12.3. The molecule has 5 heteroatoms. The highest BCUT2D eigenvalue weighted by Crippen LogP contribution is 2.63. The lowest BCUT2D eigenvalue weighted by Crippen LogP contribution is -2.28. The Morgan fingerprint density at radius 3 is 1.52 bits per heavy atom. The first-order valence-corrected chi connectivity index (χ1v) is 21.2. The van der Waals surface area contributed by atoms with Crippen molar-refractivity contribution in [1.82, 2.24) is 15.0 Å². The Hall–Kier alpha value is -8.41. The summed E-state index contributed by atoms with van der Waals surface area (Å²) in [5.74, 6) is 4.37. The van der Waals surface area contributed by atoms with E-state index in [2.05, 4.69) is 164 Å². The van der Waals surface area contributed by atoms with E-state index in [4.69, 9.17) is 24.4 Å². The number of para-hydroxylation sites is 1. The highest BCUT2D eigenvalue weighted by molar-refractivity contribution is 5.93. The molecule has 0 saturated carbocycles. The smallest absolute Gasteiger partial charge is 0.178 e. The number of ether oxygens (including phenoxy) is 2. The van der Waals surface area contributed by atoms with Crippen LogP contribution in [0.1, 0.15) is 22.3 Å². The number of benzene rings is 9. The van der Waals surface area contributed by atoms with Gasteiger partial charge in [-0.25, -0.2) is 15.0 Å². The van der Waals surface area contributed by atoms with Crippen LogP contribution < -0.4 is 9.47 Å². The molecule has 12 rings (SSSR count). The van der Waals surface area contributed by atoms with Gasteiger partial charge < -0.3 is 9.47 Å². The zero-order valence-corrected chi connectivity index (χ0v) is 34.0. The Bertz CT molecular complexity index is 3300. The summed E-state index contributed by atoms with van der Waals surface area (Å²) < 4.78 is 14.1. The maximum Gasteiger partial charge on any atom is 0.178 e. The second-order valence-electron chi connectivity index (χ2n) is 15.8. The lowest BCUT2D eigenvalue weighted by atomic mass is 9.68. The van der Waals surface area contributed by atoms with Crippen LogP contribution in [0, 0.1) is 0 Å². The monoisotopic (exact) mass is 807 g/mol. The van der Waals surface area contributed by atoms with E-state index >= 15 is 0 Å². The Morgan fingerprint density at radius 1 is 0.302 bits per heavy atom. The molecule has 1 aromatic heterocycles. The van der Waals surface area contributed by atoms with Crippen molar-refractivity contribution in [2.75, 3.05) is 0 Å². The molecule has 0 amide bonds. The van der Waals surface area contributed by atoms with Gasteiger partial charge in [-0.15, -0.1) is 0 Å². The molecule has 0 spiro atoms. The summed E-state index contributed by atoms with van der Waals surface area (Å²) in [5, 5.41) is 0. The lowest BCUT2D eigenvalue weighted by molar-refractivity contribution is 0.361. The van der Waals surface area contributed by atoms with Crippen LogP contribution in [0.2, 0.25) is 0 Å². The van der Waals surface area contributed by atoms with Gasteiger partial charge in [-0.2, -0.15) is 0 Å². The molecule has 0 atom stereocenters. The van der Waals surface area contributed by atoms with E-state index in [-0.39, 0.29) is 0 Å². The van der Waals surface area contributed by atoms with Gasteiger partial charge in [-0.05, 0) is 62.7 Å². The van der Waals surface area contributed by atoms with Crippen molar-refractivity contribution in [3.05, 3.63) is 247 Å². The standard InChI is InChI=1S/C58H37N3O2/c1-5-19-38(20-6-1)40-23-17-24-41(37-40)56-59-55(39-21-7-2-8-22-39)60-57(61-56)46-30-14-13-29-44(46)45-32-18-34-50-53(45)63-54-51(62-50)36-35-49-52(54)47-31-15-16-33-48(47)58(49,42-25-9-3-10-26-42)43-27-11-4-12-28-43/h1-37H. The van der Waals surface area contributed by atoms with Crippen LogP contribution in [-0.2, 0) is 5.41 Å². The van der Waals surface area contributed by atoms with Gasteiger partial charge in [0.25, 0.3) is 0 Å². The molecule has 5 nitrogen and oxygen atoms in total. The highest BCUT2D eigenvalue weighted by atomic mass is 16.6. The third kappa shape index (κ3) is 5.97. The van der Waals surface area contributed by atoms with E-state index in [1.165, 1.54) is 16.7 Å². The predicted molar refractivity (Wildman–Crippen MR) is 251 cm³/mol. The van der Waals surface area contributed by atoms with Gasteiger partial charge in [0, 0.05) is 27.8 Å². The summed E-state index contributed by atoms with van der Waals surface area (Å²) in [4.78, 5) is 15.5. The Labute approximate surface area is 365 Å². The fourth-order valence-electron chi connectivity index (χ4n) is 9.52. The number of hydrogen-bond acceptors (Lipinski definition) is 5. The Morgan fingerprint density at radius 2 is 0.810 bits per heavy atom. The average molecular weight is 808 g/mol. The van der Waals surface area contributed by atoms with E-state index < -0.39 is 5.41 Å². The van der Waals surface area contributed by atoms with E-state index in [0.717, 1.165) is 55.6 Å². The van der Waals surface area contributed by atoms with Crippen molar-refractivity contribution in [2.45, 2.75) is 5.41 Å². The Balaban J connectivity index is 1.02. The number of nitrogens with zero attached hydrogens (tertiary/aromatic N) is 3. The van der Waals surface area contributed by atoms with Gasteiger partial charge in [0.15, 0.2) is 40.5 Å². The minimum atomic E-state index is -0.577. The van der Waals surface area contributed by atoms with Crippen LogP contribution in [0.15, 0.2) is 224 Å². The number of aromatic nitrogens is 3. The quantitative estimate of drug-likeness (QED) is 0.161. The summed E-state index contributed by atoms with van der Waals surface area (Å²) in [7, 11) is 0. The van der Waals surface area contributed by atoms with Crippen LogP contribution in [-0.4, -0.2) is 15.0 Å². The van der Waals surface area contributed by atoms with E-state index in [0.29, 0.717) is 40.5 Å². The molecule has 2 heterocycles. The molecule has 10 aromatic rings. The molecular formula is C58H37N3O2. The van der Waals surface area contributed by atoms with Crippen molar-refractivity contribution in [1.29, 1.82) is 0 Å². The van der Waals surface area contributed by atoms with Gasteiger partial charge in [-0.1, -0.05) is 206 Å². The zero-order chi connectivity index (χ0) is 41.7. The molecule has 296 valence electrons. The van der Waals surface area contributed by atoms with Crippen molar-refractivity contribution >= 4 is 0 Å². The van der Waals surface area contributed by atoms with Crippen molar-refractivity contribution in [2.24, 2.45) is 0 Å². The average Bonchev–Trinajstić information content (AvgIpc) is 3.68. The molecule has 0 radical (unpaired) electrons. The van der Waals surface area contributed by atoms with Gasteiger partial charge in [0.2, 0.25) is 0 Å². The number of rotatable bonds is 7. The number of fused-ring (bicyclic) bond motifs is 6. The summed E-state index contributed by atoms with van der Waals surface area (Å²) in [6.07, 6.45) is 0. The highest BCUT2D eigenvalue weighted by Gasteiger charge is 2.48. The van der Waals surface area contributed by atoms with Gasteiger partial charge >= 0.3 is 0 Å². The zero-order valence-electron chi connectivity index (χ0n) is 34.0. The molecule has 9 aromatic carbocycles. The molecule has 0 bridgehead atoms.